The van der Waals surface area contributed by atoms with Crippen molar-refractivity contribution in [2.45, 2.75) is 20.7 Å². The average Bonchev–Trinajstić information content (AvgIpc) is 1.38. The molecule has 0 heterocycles. The van der Waals surface area contributed by atoms with Gasteiger partial charge in [-0.05, 0) is 0 Å². The molecule has 28 valence electrons. The Kier molecular flexibility index (Phi) is 2.16. The standard InChI is InChI=1S/C4H9B/c1-4(2)5-3/h1-3H3. The van der Waals surface area contributed by atoms with Crippen LogP contribution in [0.3, 0.4) is 0 Å². The molecule has 0 rings (SSSR count). The van der Waals surface area contributed by atoms with E-state index in [1.54, 1.807) is 0 Å². The quantitative estimate of drug-likeness (QED) is 0.371. The van der Waals surface area contributed by atoms with Gasteiger partial charge >= 0.3 is 33.1 Å². The molecule has 0 atom stereocenters. The zero-order valence-corrected chi connectivity index (χ0v) is 4.08. The number of hydrogen-bond donors (Lipinski definition) is 0. The molecule has 0 aromatic carbocycles. The van der Waals surface area contributed by atoms with Gasteiger partial charge in [0.25, 0.3) is 0 Å². The van der Waals surface area contributed by atoms with E-state index in [9.17, 15) is 0 Å². The van der Waals surface area contributed by atoms with E-state index in [4.69, 9.17) is 0 Å². The minimum atomic E-state index is 1.38. The molecule has 0 saturated carbocycles. The van der Waals surface area contributed by atoms with Crippen LogP contribution in [0.15, 0.2) is 0 Å². The second kappa shape index (κ2) is 2.19. The molecule has 0 spiro atoms. The van der Waals surface area contributed by atoms with Crippen LogP contribution in [0, 0.1) is 0 Å². The SMILES string of the molecule is CB=C(C)C. The third-order valence-electron chi connectivity index (χ3n) is 0.577. The van der Waals surface area contributed by atoms with E-state index in [1.807, 2.05) is 6.82 Å². The molecule has 5 heavy (non-hydrogen) atoms. The van der Waals surface area contributed by atoms with Gasteiger partial charge in [-0.2, -0.15) is 0 Å². The summed E-state index contributed by atoms with van der Waals surface area (Å²) in [5.74, 6) is 0. The van der Waals surface area contributed by atoms with Crippen LogP contribution in [0.5, 0.6) is 0 Å². The van der Waals surface area contributed by atoms with E-state index in [2.05, 4.69) is 20.8 Å². The van der Waals surface area contributed by atoms with Gasteiger partial charge in [0, 0.05) is 0 Å². The van der Waals surface area contributed by atoms with Gasteiger partial charge in [0.2, 0.25) is 0 Å². The van der Waals surface area contributed by atoms with Crippen LogP contribution < -0.4 is 0 Å². The summed E-state index contributed by atoms with van der Waals surface area (Å²) >= 11 is 0. The van der Waals surface area contributed by atoms with Crippen LogP contribution >= 0.6 is 0 Å². The molecule has 0 aromatic rings. The molecular weight excluding hydrogens is 58.9 g/mol. The van der Waals surface area contributed by atoms with Gasteiger partial charge in [-0.25, -0.2) is 0 Å². The predicted molar refractivity (Wildman–Crippen MR) is 28.0 cm³/mol. The Morgan fingerprint density at radius 1 is 1.40 bits per heavy atom. The van der Waals surface area contributed by atoms with Crippen molar-refractivity contribution in [3.05, 3.63) is 0 Å². The molecule has 0 aliphatic carbocycles. The first-order chi connectivity index (χ1) is 2.27. The molecule has 0 fully saturated rings. The van der Waals surface area contributed by atoms with E-state index in [-0.39, 0.29) is 0 Å². The van der Waals surface area contributed by atoms with Gasteiger partial charge in [0.15, 0.2) is 0 Å². The fourth-order valence-corrected chi connectivity index (χ4v) is 0. The molecule has 0 radical (unpaired) electrons. The number of rotatable bonds is 0. The summed E-state index contributed by atoms with van der Waals surface area (Å²) in [5.41, 5.74) is 1.38. The molecule has 0 unspecified atom stereocenters. The van der Waals surface area contributed by atoms with E-state index in [1.165, 1.54) is 5.46 Å². The van der Waals surface area contributed by atoms with Crippen molar-refractivity contribution in [2.24, 2.45) is 0 Å². The molecular formula is C4H9B. The minimum absolute atomic E-state index is 1.38. The van der Waals surface area contributed by atoms with Crippen molar-refractivity contribution in [1.29, 1.82) is 0 Å². The average molecular weight is 67.9 g/mol. The summed E-state index contributed by atoms with van der Waals surface area (Å²) in [4.78, 5) is 0. The van der Waals surface area contributed by atoms with Gasteiger partial charge < -0.3 is 0 Å². The second-order valence-corrected chi connectivity index (χ2v) is 1.37. The Balaban J connectivity index is 3.14. The summed E-state index contributed by atoms with van der Waals surface area (Å²) in [5, 5.41) is 0. The molecule has 0 N–H and O–H groups in total. The predicted octanol–water partition coefficient (Wildman–Crippen LogP) is 0.951. The molecule has 0 nitrogen and oxygen atoms in total. The monoisotopic (exact) mass is 68.1 g/mol. The van der Waals surface area contributed by atoms with Crippen LogP contribution in [0.25, 0.3) is 0 Å². The van der Waals surface area contributed by atoms with Crippen LogP contribution in [0.2, 0.25) is 6.82 Å². The van der Waals surface area contributed by atoms with Crippen LogP contribution in [-0.2, 0) is 0 Å². The molecule has 0 aliphatic heterocycles. The first-order valence-corrected chi connectivity index (χ1v) is 1.87. The van der Waals surface area contributed by atoms with E-state index < -0.39 is 0 Å². The van der Waals surface area contributed by atoms with Crippen molar-refractivity contribution >= 4 is 12.4 Å². The Labute approximate surface area is 34.1 Å². The van der Waals surface area contributed by atoms with Gasteiger partial charge in [-0.1, -0.05) is 0 Å². The summed E-state index contributed by atoms with van der Waals surface area (Å²) in [6, 6.07) is 0. The Morgan fingerprint density at radius 3 is 1.60 bits per heavy atom. The van der Waals surface area contributed by atoms with Crippen molar-refractivity contribution in [1.82, 2.24) is 0 Å². The van der Waals surface area contributed by atoms with E-state index in [0.29, 0.717) is 0 Å². The Hall–Kier alpha value is -0.0651. The van der Waals surface area contributed by atoms with Crippen molar-refractivity contribution in [3.8, 4) is 0 Å². The van der Waals surface area contributed by atoms with Crippen molar-refractivity contribution in [3.63, 3.8) is 0 Å². The maximum absolute atomic E-state index is 2.08. The Morgan fingerprint density at radius 2 is 1.60 bits per heavy atom. The zero-order valence-electron chi connectivity index (χ0n) is 4.08. The van der Waals surface area contributed by atoms with E-state index >= 15 is 0 Å². The maximum atomic E-state index is 2.08. The summed E-state index contributed by atoms with van der Waals surface area (Å²) in [6.07, 6.45) is 0. The molecule has 0 saturated heterocycles. The third kappa shape index (κ3) is 3.93. The van der Waals surface area contributed by atoms with Crippen molar-refractivity contribution < 1.29 is 0 Å². The zero-order chi connectivity index (χ0) is 4.28. The van der Waals surface area contributed by atoms with Crippen LogP contribution in [0.1, 0.15) is 13.8 Å². The van der Waals surface area contributed by atoms with Gasteiger partial charge in [-0.3, -0.25) is 0 Å². The topological polar surface area (TPSA) is 0 Å². The van der Waals surface area contributed by atoms with Gasteiger partial charge in [0.1, 0.15) is 0 Å². The molecule has 1 heteroatoms. The first kappa shape index (κ1) is 4.93. The first-order valence-electron chi connectivity index (χ1n) is 1.87. The van der Waals surface area contributed by atoms with Crippen LogP contribution in [0.4, 0.5) is 0 Å². The Bertz CT molecular complexity index is 41.6. The molecule has 0 aromatic heterocycles. The van der Waals surface area contributed by atoms with Crippen LogP contribution in [-0.4, -0.2) is 12.4 Å². The molecule has 0 aliphatic rings. The molecule has 0 bridgehead atoms. The molecule has 0 amide bonds. The third-order valence-corrected chi connectivity index (χ3v) is 0.577. The second-order valence-electron chi connectivity index (χ2n) is 1.37. The van der Waals surface area contributed by atoms with Gasteiger partial charge in [0.05, 0.1) is 0 Å². The fraction of sp³-hybridized carbons (Fsp3) is 0.750. The summed E-state index contributed by atoms with van der Waals surface area (Å²) in [7, 11) is 0. The normalized spacial score (nSPS) is 6.20. The summed E-state index contributed by atoms with van der Waals surface area (Å²) in [6.45, 7) is 8.29. The van der Waals surface area contributed by atoms with Crippen molar-refractivity contribution in [2.75, 3.05) is 0 Å². The fourth-order valence-electron chi connectivity index (χ4n) is 0. The summed E-state index contributed by atoms with van der Waals surface area (Å²) < 4.78 is 0. The van der Waals surface area contributed by atoms with Gasteiger partial charge in [-0.15, -0.1) is 0 Å². The number of hydrogen-bond acceptors (Lipinski definition) is 0. The van der Waals surface area contributed by atoms with E-state index in [0.717, 1.165) is 0 Å².